The number of hydrogen-bond acceptors (Lipinski definition) is 12. The van der Waals surface area contributed by atoms with Crippen molar-refractivity contribution in [2.75, 3.05) is 33.2 Å². The Kier molecular flexibility index (Phi) is 9.60. The van der Waals surface area contributed by atoms with E-state index in [9.17, 15) is 30.3 Å². The van der Waals surface area contributed by atoms with Crippen molar-refractivity contribution in [2.45, 2.75) is 51.4 Å². The smallest absolute Gasteiger partial charge is 0.294 e. The largest absolute Gasteiger partial charge is 0.393 e. The number of benzene rings is 3. The Balaban J connectivity index is 0.000000160. The van der Waals surface area contributed by atoms with Crippen LogP contribution in [-0.4, -0.2) is 29.7 Å². The number of hydrogen-bond donors (Lipinski definition) is 6. The van der Waals surface area contributed by atoms with Crippen LogP contribution in [0.2, 0.25) is 0 Å². The molecule has 15 nitrogen and oxygen atoms in total. The summed E-state index contributed by atoms with van der Waals surface area (Å²) in [5.74, 6) is 0.186. The van der Waals surface area contributed by atoms with Gasteiger partial charge in [-0.05, 0) is 55.2 Å². The highest BCUT2D eigenvalue weighted by Gasteiger charge is 2.37. The fourth-order valence-corrected chi connectivity index (χ4v) is 6.22. The molecule has 0 bridgehead atoms. The predicted octanol–water partition coefficient (Wildman–Crippen LogP) is 6.66. The van der Waals surface area contributed by atoms with E-state index in [1.807, 2.05) is 27.7 Å². The maximum atomic E-state index is 10.7. The second kappa shape index (κ2) is 13.0. The van der Waals surface area contributed by atoms with Crippen LogP contribution in [0, 0.1) is 30.3 Å². The van der Waals surface area contributed by atoms with Gasteiger partial charge >= 0.3 is 0 Å². The summed E-state index contributed by atoms with van der Waals surface area (Å²) in [5.41, 5.74) is 21.7. The summed E-state index contributed by atoms with van der Waals surface area (Å²) in [5, 5.41) is 41.0. The van der Waals surface area contributed by atoms with Crippen LogP contribution in [0.25, 0.3) is 0 Å². The van der Waals surface area contributed by atoms with Gasteiger partial charge in [0.2, 0.25) is 0 Å². The second-order valence-corrected chi connectivity index (χ2v) is 12.8. The van der Waals surface area contributed by atoms with Crippen LogP contribution in [0.5, 0.6) is 0 Å². The van der Waals surface area contributed by atoms with Crippen LogP contribution in [0.1, 0.15) is 62.6 Å². The first-order valence-electron chi connectivity index (χ1n) is 14.1. The molecule has 3 aromatic rings. The van der Waals surface area contributed by atoms with E-state index in [2.05, 4.69) is 16.0 Å². The zero-order chi connectivity index (χ0) is 35.1. The lowest BCUT2D eigenvalue weighted by Crippen LogP contribution is -2.25. The SMILES string of the molecule is CC1(C)C(=S)Nc2cc([N+](=O)[O-])c(N)cc21.CC1C(=S)Nc2cc([N+](=O)[O-])c(N)cc21.CCC1C(=S)Nc2cc([N+](=O)[O-])c(N)cc21. The molecule has 3 aromatic carbocycles. The minimum absolute atomic E-state index is 0.0677. The van der Waals surface area contributed by atoms with E-state index in [0.717, 1.165) is 23.1 Å². The minimum atomic E-state index is -0.497. The molecule has 0 fully saturated rings. The molecule has 2 atom stereocenters. The lowest BCUT2D eigenvalue weighted by molar-refractivity contribution is -0.384. The Hall–Kier alpha value is -5.07. The lowest BCUT2D eigenvalue weighted by Gasteiger charge is -2.17. The molecule has 3 aliphatic heterocycles. The van der Waals surface area contributed by atoms with Crippen molar-refractivity contribution in [1.29, 1.82) is 0 Å². The Bertz CT molecular complexity index is 1900. The van der Waals surface area contributed by atoms with E-state index < -0.39 is 14.8 Å². The third-order valence-electron chi connectivity index (χ3n) is 8.12. The molecule has 0 aromatic heterocycles. The van der Waals surface area contributed by atoms with Crippen molar-refractivity contribution in [3.63, 3.8) is 0 Å². The minimum Gasteiger partial charge on any atom is -0.393 e. The summed E-state index contributed by atoms with van der Waals surface area (Å²) in [6, 6.07) is 9.21. The van der Waals surface area contributed by atoms with Gasteiger partial charge in [-0.1, -0.05) is 50.5 Å². The molecule has 0 spiro atoms. The molecule has 246 valence electrons. The highest BCUT2D eigenvalue weighted by Crippen LogP contribution is 2.43. The summed E-state index contributed by atoms with van der Waals surface area (Å²) in [7, 11) is 0. The van der Waals surface area contributed by atoms with Gasteiger partial charge in [0.25, 0.3) is 17.1 Å². The van der Waals surface area contributed by atoms with Crippen molar-refractivity contribution >= 4 is 103 Å². The molecule has 9 N–H and O–H groups in total. The maximum absolute atomic E-state index is 10.7. The van der Waals surface area contributed by atoms with Crippen LogP contribution in [0.3, 0.4) is 0 Å². The average molecular weight is 698 g/mol. The number of anilines is 6. The Morgan fingerprint density at radius 1 is 0.702 bits per heavy atom. The summed E-state index contributed by atoms with van der Waals surface area (Å²) in [6.07, 6.45) is 0.857. The molecular weight excluding hydrogens is 667 g/mol. The summed E-state index contributed by atoms with van der Waals surface area (Å²) < 4.78 is 0. The van der Waals surface area contributed by atoms with Gasteiger partial charge in [-0.15, -0.1) is 0 Å². The van der Waals surface area contributed by atoms with Crippen LogP contribution in [-0.2, 0) is 5.41 Å². The van der Waals surface area contributed by atoms with Gasteiger partial charge in [0.05, 0.1) is 35.4 Å². The van der Waals surface area contributed by atoms with Gasteiger partial charge in [-0.25, -0.2) is 0 Å². The van der Waals surface area contributed by atoms with Crippen LogP contribution < -0.4 is 33.2 Å². The second-order valence-electron chi connectivity index (χ2n) is 11.5. The molecular formula is C29H31N9O6S3. The maximum Gasteiger partial charge on any atom is 0.294 e. The Morgan fingerprint density at radius 3 is 1.62 bits per heavy atom. The monoisotopic (exact) mass is 697 g/mol. The molecule has 3 heterocycles. The number of nitrogens with two attached hydrogens (primary N) is 3. The fourth-order valence-electron chi connectivity index (χ4n) is 5.36. The van der Waals surface area contributed by atoms with E-state index >= 15 is 0 Å². The molecule has 3 aliphatic rings. The molecule has 0 saturated carbocycles. The number of nitrogens with zero attached hydrogens (tertiary/aromatic N) is 3. The first kappa shape index (κ1) is 34.8. The van der Waals surface area contributed by atoms with Gasteiger partial charge in [0.15, 0.2) is 0 Å². The summed E-state index contributed by atoms with van der Waals surface area (Å²) in [4.78, 5) is 32.7. The summed E-state index contributed by atoms with van der Waals surface area (Å²) in [6.45, 7) is 7.87. The van der Waals surface area contributed by atoms with Crippen molar-refractivity contribution in [1.82, 2.24) is 0 Å². The van der Waals surface area contributed by atoms with Crippen LogP contribution in [0.15, 0.2) is 36.4 Å². The van der Waals surface area contributed by atoms with E-state index in [1.54, 1.807) is 18.2 Å². The number of nitro groups is 3. The van der Waals surface area contributed by atoms with Gasteiger partial charge < -0.3 is 33.2 Å². The Labute approximate surface area is 284 Å². The Morgan fingerprint density at radius 2 is 1.13 bits per heavy atom. The summed E-state index contributed by atoms with van der Waals surface area (Å²) >= 11 is 15.4. The molecule has 6 rings (SSSR count). The van der Waals surface area contributed by atoms with E-state index in [4.69, 9.17) is 53.9 Å². The molecule has 18 heteroatoms. The predicted molar refractivity (Wildman–Crippen MR) is 196 cm³/mol. The van der Waals surface area contributed by atoms with Crippen molar-refractivity contribution in [3.8, 4) is 0 Å². The number of thiocarbonyl (C=S) groups is 3. The number of nitro benzene ring substituents is 3. The standard InChI is InChI=1S/2C10H11N3O2S.C9H9N3O2S/c1-10(2)5-3-6(11)8(13(14)15)4-7(5)12-9(10)16;1-2-5-6-3-7(11)9(13(14)15)4-8(6)12-10(5)16;1-4-5-2-6(10)8(12(13)14)3-7(5)11-9(4)15/h3-4H,11H2,1-2H3,(H,12,16);3-5H,2,11H2,1H3,(H,12,16);2-4H,10H2,1H3,(H,11,15). The third-order valence-corrected chi connectivity index (χ3v) is 9.57. The highest BCUT2D eigenvalue weighted by molar-refractivity contribution is 7.81. The molecule has 0 aliphatic carbocycles. The molecule has 2 unspecified atom stereocenters. The normalized spacial score (nSPS) is 17.7. The number of fused-ring (bicyclic) bond motifs is 3. The van der Waals surface area contributed by atoms with E-state index in [-0.39, 0.29) is 51.4 Å². The van der Waals surface area contributed by atoms with Crippen molar-refractivity contribution in [3.05, 3.63) is 83.4 Å². The zero-order valence-electron chi connectivity index (χ0n) is 25.6. The third kappa shape index (κ3) is 6.60. The van der Waals surface area contributed by atoms with Crippen LogP contribution in [0.4, 0.5) is 51.2 Å². The van der Waals surface area contributed by atoms with Gasteiger partial charge in [0.1, 0.15) is 17.1 Å². The van der Waals surface area contributed by atoms with E-state index in [1.165, 1.54) is 18.2 Å². The first-order valence-corrected chi connectivity index (χ1v) is 15.3. The zero-order valence-corrected chi connectivity index (χ0v) is 28.0. The highest BCUT2D eigenvalue weighted by atomic mass is 32.1. The van der Waals surface area contributed by atoms with Gasteiger partial charge in [-0.3, -0.25) is 30.3 Å². The number of nitrogen functional groups attached to an aromatic ring is 3. The topological polar surface area (TPSA) is 244 Å². The first-order chi connectivity index (χ1) is 21.9. The van der Waals surface area contributed by atoms with Crippen LogP contribution >= 0.6 is 36.7 Å². The fraction of sp³-hybridized carbons (Fsp3) is 0.276. The molecule has 0 amide bonds. The van der Waals surface area contributed by atoms with Gasteiger partial charge in [0, 0.05) is 46.8 Å². The number of rotatable bonds is 4. The quantitative estimate of drug-likeness (QED) is 0.0722. The number of nitrogens with one attached hydrogen (secondary N) is 3. The molecule has 0 radical (unpaired) electrons. The average Bonchev–Trinajstić information content (AvgIpc) is 3.53. The molecule has 47 heavy (non-hydrogen) atoms. The van der Waals surface area contributed by atoms with Crippen molar-refractivity contribution in [2.24, 2.45) is 0 Å². The van der Waals surface area contributed by atoms with E-state index in [0.29, 0.717) is 32.0 Å². The lowest BCUT2D eigenvalue weighted by atomic mass is 9.86. The molecule has 0 saturated heterocycles. The van der Waals surface area contributed by atoms with Crippen molar-refractivity contribution < 1.29 is 14.8 Å². The van der Waals surface area contributed by atoms with Gasteiger partial charge in [-0.2, -0.15) is 0 Å².